The van der Waals surface area contributed by atoms with Crippen LogP contribution in [-0.4, -0.2) is 20.7 Å². The molecule has 7 heteroatoms. The second-order valence-corrected chi connectivity index (χ2v) is 5.28. The molecule has 2 aromatic heterocycles. The lowest BCUT2D eigenvalue weighted by Crippen LogP contribution is -2.27. The highest BCUT2D eigenvalue weighted by Gasteiger charge is 2.18. The Kier molecular flexibility index (Phi) is 4.30. The third-order valence-corrected chi connectivity index (χ3v) is 3.90. The number of nitrogens with one attached hydrogen (secondary N) is 1. The van der Waals surface area contributed by atoms with Crippen LogP contribution in [0.25, 0.3) is 0 Å². The molecule has 20 heavy (non-hydrogen) atoms. The topological polar surface area (TPSA) is 59.8 Å². The van der Waals surface area contributed by atoms with E-state index in [1.165, 1.54) is 6.20 Å². The standard InChI is InChI=1S/C13H14Cl2N4O/c1-7(9-4-17-19(3)6-9)18-13(20)10-5-16-8(2)11(14)12(10)15/h4-7H,1-3H3,(H,18,20)/t7-/m0/s1. The van der Waals surface area contributed by atoms with Crippen molar-refractivity contribution in [3.8, 4) is 0 Å². The lowest BCUT2D eigenvalue weighted by Gasteiger charge is -2.13. The van der Waals surface area contributed by atoms with E-state index in [1.54, 1.807) is 17.8 Å². The van der Waals surface area contributed by atoms with Crippen molar-refractivity contribution < 1.29 is 4.79 Å². The summed E-state index contributed by atoms with van der Waals surface area (Å²) in [5, 5.41) is 7.42. The zero-order valence-corrected chi connectivity index (χ0v) is 12.8. The first-order valence-electron chi connectivity index (χ1n) is 6.00. The highest BCUT2D eigenvalue weighted by Crippen LogP contribution is 2.27. The van der Waals surface area contributed by atoms with E-state index in [-0.39, 0.29) is 22.5 Å². The van der Waals surface area contributed by atoms with E-state index in [2.05, 4.69) is 15.4 Å². The van der Waals surface area contributed by atoms with Crippen LogP contribution in [-0.2, 0) is 7.05 Å². The van der Waals surface area contributed by atoms with Gasteiger partial charge in [0.1, 0.15) is 0 Å². The fourth-order valence-corrected chi connectivity index (χ4v) is 2.15. The number of carbonyl (C=O) groups excluding carboxylic acids is 1. The zero-order valence-electron chi connectivity index (χ0n) is 11.3. The monoisotopic (exact) mass is 312 g/mol. The maximum Gasteiger partial charge on any atom is 0.254 e. The molecule has 0 spiro atoms. The van der Waals surface area contributed by atoms with Gasteiger partial charge < -0.3 is 5.32 Å². The van der Waals surface area contributed by atoms with Gasteiger partial charge in [-0.15, -0.1) is 0 Å². The fraction of sp³-hybridized carbons (Fsp3) is 0.308. The van der Waals surface area contributed by atoms with Gasteiger partial charge in [-0.05, 0) is 13.8 Å². The Balaban J connectivity index is 2.18. The smallest absolute Gasteiger partial charge is 0.254 e. The number of aryl methyl sites for hydroxylation is 2. The zero-order chi connectivity index (χ0) is 14.9. The molecule has 0 fully saturated rings. The minimum atomic E-state index is -0.319. The van der Waals surface area contributed by atoms with Crippen LogP contribution in [0.2, 0.25) is 10.0 Å². The Morgan fingerprint density at radius 3 is 2.65 bits per heavy atom. The Morgan fingerprint density at radius 1 is 1.35 bits per heavy atom. The van der Waals surface area contributed by atoms with Crippen LogP contribution in [0.1, 0.15) is 34.6 Å². The molecule has 0 aromatic carbocycles. The fourth-order valence-electron chi connectivity index (χ4n) is 1.73. The molecular formula is C13H14Cl2N4O. The van der Waals surface area contributed by atoms with Gasteiger partial charge in [-0.2, -0.15) is 5.10 Å². The van der Waals surface area contributed by atoms with Gasteiger partial charge in [-0.25, -0.2) is 0 Å². The Morgan fingerprint density at radius 2 is 2.05 bits per heavy atom. The molecular weight excluding hydrogens is 299 g/mol. The summed E-state index contributed by atoms with van der Waals surface area (Å²) in [6.45, 7) is 3.60. The van der Waals surface area contributed by atoms with Crippen LogP contribution in [0.4, 0.5) is 0 Å². The molecule has 2 aromatic rings. The van der Waals surface area contributed by atoms with Crippen LogP contribution in [0.5, 0.6) is 0 Å². The van der Waals surface area contributed by atoms with Crippen molar-refractivity contribution in [1.29, 1.82) is 0 Å². The summed E-state index contributed by atoms with van der Waals surface area (Å²) in [4.78, 5) is 16.2. The van der Waals surface area contributed by atoms with Gasteiger partial charge in [0.25, 0.3) is 5.91 Å². The molecule has 106 valence electrons. The molecule has 0 aliphatic heterocycles. The molecule has 2 rings (SSSR count). The van der Waals surface area contributed by atoms with E-state index in [0.29, 0.717) is 10.7 Å². The molecule has 0 unspecified atom stereocenters. The molecule has 0 saturated heterocycles. The molecule has 1 N–H and O–H groups in total. The number of hydrogen-bond acceptors (Lipinski definition) is 3. The number of hydrogen-bond donors (Lipinski definition) is 1. The van der Waals surface area contributed by atoms with Crippen molar-refractivity contribution >= 4 is 29.1 Å². The maximum atomic E-state index is 12.2. The van der Waals surface area contributed by atoms with Gasteiger partial charge >= 0.3 is 0 Å². The van der Waals surface area contributed by atoms with E-state index in [4.69, 9.17) is 23.2 Å². The van der Waals surface area contributed by atoms with Crippen molar-refractivity contribution in [3.63, 3.8) is 0 Å². The van der Waals surface area contributed by atoms with Crippen LogP contribution in [0, 0.1) is 6.92 Å². The Bertz CT molecular complexity index is 654. The predicted molar refractivity (Wildman–Crippen MR) is 78.1 cm³/mol. The molecule has 5 nitrogen and oxygen atoms in total. The SMILES string of the molecule is Cc1ncc(C(=O)N[C@@H](C)c2cnn(C)c2)c(Cl)c1Cl. The van der Waals surface area contributed by atoms with Crippen molar-refractivity contribution in [3.05, 3.63) is 45.5 Å². The van der Waals surface area contributed by atoms with Crippen molar-refractivity contribution in [1.82, 2.24) is 20.1 Å². The Hall–Kier alpha value is -1.59. The van der Waals surface area contributed by atoms with Crippen LogP contribution < -0.4 is 5.32 Å². The summed E-state index contributed by atoms with van der Waals surface area (Å²) in [7, 11) is 1.82. The van der Waals surface area contributed by atoms with E-state index in [9.17, 15) is 4.79 Å². The molecule has 0 aliphatic carbocycles. The van der Waals surface area contributed by atoms with Gasteiger partial charge in [-0.3, -0.25) is 14.5 Å². The first kappa shape index (κ1) is 14.8. The molecule has 0 bridgehead atoms. The minimum absolute atomic E-state index is 0.188. The van der Waals surface area contributed by atoms with E-state index < -0.39 is 0 Å². The number of pyridine rings is 1. The van der Waals surface area contributed by atoms with E-state index in [0.717, 1.165) is 5.56 Å². The van der Waals surface area contributed by atoms with Crippen molar-refractivity contribution in [2.24, 2.45) is 7.05 Å². The Labute approximate surface area is 126 Å². The molecule has 2 heterocycles. The van der Waals surface area contributed by atoms with Gasteiger partial charge in [0.2, 0.25) is 0 Å². The molecule has 0 saturated carbocycles. The second-order valence-electron chi connectivity index (χ2n) is 4.53. The lowest BCUT2D eigenvalue weighted by molar-refractivity contribution is 0.0939. The summed E-state index contributed by atoms with van der Waals surface area (Å²) >= 11 is 12.1. The van der Waals surface area contributed by atoms with Crippen LogP contribution in [0.15, 0.2) is 18.6 Å². The number of halogens is 2. The van der Waals surface area contributed by atoms with Gasteiger partial charge in [-0.1, -0.05) is 23.2 Å². The molecule has 0 aliphatic rings. The summed E-state index contributed by atoms with van der Waals surface area (Å²) in [6.07, 6.45) is 4.97. The highest BCUT2D eigenvalue weighted by molar-refractivity contribution is 6.44. The number of aromatic nitrogens is 3. The third kappa shape index (κ3) is 2.94. The summed E-state index contributed by atoms with van der Waals surface area (Å²) < 4.78 is 1.68. The van der Waals surface area contributed by atoms with E-state index in [1.807, 2.05) is 20.2 Å². The predicted octanol–water partition coefficient (Wildman–Crippen LogP) is 2.92. The van der Waals surface area contributed by atoms with Crippen molar-refractivity contribution in [2.75, 3.05) is 0 Å². The largest absolute Gasteiger partial charge is 0.345 e. The molecule has 1 amide bonds. The maximum absolute atomic E-state index is 12.2. The minimum Gasteiger partial charge on any atom is -0.345 e. The average Bonchev–Trinajstić information content (AvgIpc) is 2.82. The normalized spacial score (nSPS) is 12.2. The van der Waals surface area contributed by atoms with Gasteiger partial charge in [0.05, 0.1) is 33.5 Å². The number of amides is 1. The van der Waals surface area contributed by atoms with Gasteiger partial charge in [0, 0.05) is 25.0 Å². The summed E-state index contributed by atoms with van der Waals surface area (Å²) in [5.74, 6) is -0.319. The molecule has 1 atom stereocenters. The lowest BCUT2D eigenvalue weighted by atomic mass is 10.1. The van der Waals surface area contributed by atoms with Crippen LogP contribution >= 0.6 is 23.2 Å². The van der Waals surface area contributed by atoms with Crippen molar-refractivity contribution in [2.45, 2.75) is 19.9 Å². The number of rotatable bonds is 3. The average molecular weight is 313 g/mol. The summed E-state index contributed by atoms with van der Waals surface area (Å²) in [5.41, 5.74) is 1.76. The second kappa shape index (κ2) is 5.81. The molecule has 0 radical (unpaired) electrons. The summed E-state index contributed by atoms with van der Waals surface area (Å²) in [6, 6.07) is -0.188. The first-order valence-corrected chi connectivity index (χ1v) is 6.75. The third-order valence-electron chi connectivity index (χ3n) is 2.95. The first-order chi connectivity index (χ1) is 9.40. The number of carbonyl (C=O) groups is 1. The van der Waals surface area contributed by atoms with E-state index >= 15 is 0 Å². The number of nitrogens with zero attached hydrogens (tertiary/aromatic N) is 3. The highest BCUT2D eigenvalue weighted by atomic mass is 35.5. The quantitative estimate of drug-likeness (QED) is 0.948. The van der Waals surface area contributed by atoms with Gasteiger partial charge in [0.15, 0.2) is 0 Å². The van der Waals surface area contributed by atoms with Crippen LogP contribution in [0.3, 0.4) is 0 Å².